The van der Waals surface area contributed by atoms with Crippen LogP contribution in [0.2, 0.25) is 0 Å². The Morgan fingerprint density at radius 1 is 0.491 bits per heavy atom. The number of nitrogens with one attached hydrogen (secondary N) is 1. The molecule has 0 saturated heterocycles. The van der Waals surface area contributed by atoms with Gasteiger partial charge < -0.3 is 20.3 Å². The van der Waals surface area contributed by atoms with E-state index in [-0.39, 0.29) is 18.5 Å². The largest absolute Gasteiger partial charge is 0.466 e. The van der Waals surface area contributed by atoms with Gasteiger partial charge in [-0.05, 0) is 32.1 Å². The Bertz CT molecular complexity index is 817. The zero-order valence-corrected chi connectivity index (χ0v) is 36.9. The van der Waals surface area contributed by atoms with Crippen molar-refractivity contribution in [1.29, 1.82) is 0 Å². The summed E-state index contributed by atoms with van der Waals surface area (Å²) in [5.74, 6) is -0.0870. The number of ether oxygens (including phenoxy) is 1. The normalized spacial score (nSPS) is 12.7. The first kappa shape index (κ1) is 53.6. The van der Waals surface area contributed by atoms with Crippen LogP contribution < -0.4 is 5.32 Å². The van der Waals surface area contributed by atoms with Crippen molar-refractivity contribution in [3.63, 3.8) is 0 Å². The Balaban J connectivity index is 3.42. The highest BCUT2D eigenvalue weighted by Crippen LogP contribution is 2.16. The second-order valence-corrected chi connectivity index (χ2v) is 16.8. The van der Waals surface area contributed by atoms with Gasteiger partial charge in [0.25, 0.3) is 0 Å². The highest BCUT2D eigenvalue weighted by molar-refractivity contribution is 5.76. The molecule has 0 rings (SSSR count). The maximum atomic E-state index is 12.3. The fourth-order valence-electron chi connectivity index (χ4n) is 7.51. The van der Waals surface area contributed by atoms with Crippen molar-refractivity contribution < 1.29 is 24.5 Å². The van der Waals surface area contributed by atoms with Crippen LogP contribution in [0, 0.1) is 0 Å². The minimum Gasteiger partial charge on any atom is -0.466 e. The van der Waals surface area contributed by atoms with Gasteiger partial charge in [0.15, 0.2) is 0 Å². The molecule has 0 spiro atoms. The molecule has 0 aliphatic rings. The van der Waals surface area contributed by atoms with E-state index in [4.69, 9.17) is 4.74 Å². The van der Waals surface area contributed by atoms with E-state index in [1.165, 1.54) is 180 Å². The first-order valence-corrected chi connectivity index (χ1v) is 24.5. The van der Waals surface area contributed by atoms with Crippen molar-refractivity contribution in [2.24, 2.45) is 0 Å². The van der Waals surface area contributed by atoms with E-state index in [0.717, 1.165) is 57.8 Å². The Kier molecular flexibility index (Phi) is 44.2. The molecule has 55 heavy (non-hydrogen) atoms. The molecule has 0 heterocycles. The van der Waals surface area contributed by atoms with Crippen molar-refractivity contribution in [1.82, 2.24) is 5.32 Å². The van der Waals surface area contributed by atoms with Crippen molar-refractivity contribution in [3.05, 3.63) is 12.2 Å². The van der Waals surface area contributed by atoms with Crippen LogP contribution in [-0.2, 0) is 14.3 Å². The Labute approximate surface area is 342 Å². The molecule has 0 aliphatic heterocycles. The van der Waals surface area contributed by atoms with Crippen LogP contribution in [0.3, 0.4) is 0 Å². The summed E-state index contributed by atoms with van der Waals surface area (Å²) in [6.45, 7) is 4.85. The summed E-state index contributed by atoms with van der Waals surface area (Å²) in [6, 6.07) is -0.634. The van der Waals surface area contributed by atoms with Crippen LogP contribution in [0.5, 0.6) is 0 Å². The van der Waals surface area contributed by atoms with Gasteiger partial charge in [-0.15, -0.1) is 0 Å². The fraction of sp³-hybridized carbons (Fsp3) is 0.918. The molecule has 1 amide bonds. The molecule has 0 saturated carbocycles. The Morgan fingerprint density at radius 2 is 0.836 bits per heavy atom. The van der Waals surface area contributed by atoms with E-state index in [9.17, 15) is 19.8 Å². The zero-order valence-electron chi connectivity index (χ0n) is 36.9. The van der Waals surface area contributed by atoms with E-state index >= 15 is 0 Å². The van der Waals surface area contributed by atoms with Crippen molar-refractivity contribution in [2.45, 2.75) is 276 Å². The van der Waals surface area contributed by atoms with Crippen LogP contribution >= 0.6 is 0 Å². The van der Waals surface area contributed by atoms with Crippen LogP contribution in [0.15, 0.2) is 12.2 Å². The molecular formula is C49H95NO5. The third-order valence-electron chi connectivity index (χ3n) is 11.3. The zero-order chi connectivity index (χ0) is 40.1. The van der Waals surface area contributed by atoms with Gasteiger partial charge in [-0.2, -0.15) is 0 Å². The Hall–Kier alpha value is -1.40. The molecule has 6 heteroatoms. The smallest absolute Gasteiger partial charge is 0.305 e. The van der Waals surface area contributed by atoms with Crippen molar-refractivity contribution in [3.8, 4) is 0 Å². The lowest BCUT2D eigenvalue weighted by Crippen LogP contribution is -2.45. The predicted molar refractivity (Wildman–Crippen MR) is 237 cm³/mol. The van der Waals surface area contributed by atoms with E-state index in [1.807, 2.05) is 6.08 Å². The third kappa shape index (κ3) is 42.0. The van der Waals surface area contributed by atoms with Crippen LogP contribution in [0.25, 0.3) is 0 Å². The standard InChI is InChI=1S/C49H95NO5/c1-3-5-7-9-11-13-14-15-16-17-20-23-27-31-35-39-43-49(54)55-44-40-36-32-28-24-21-18-19-22-26-30-34-38-42-48(53)50-46(45-51)47(52)41-37-33-29-25-12-10-8-6-4-2/h37,41,46-47,51-52H,3-36,38-40,42-45H2,1-2H3,(H,50,53)/b41-37+. The second kappa shape index (κ2) is 45.3. The fourth-order valence-corrected chi connectivity index (χ4v) is 7.51. The summed E-state index contributed by atoms with van der Waals surface area (Å²) in [6.07, 6.45) is 50.7. The van der Waals surface area contributed by atoms with E-state index in [1.54, 1.807) is 6.08 Å². The molecule has 3 N–H and O–H groups in total. The SMILES string of the molecule is CCCCCCCCC/C=C/C(O)C(CO)NC(=O)CCCCCCCCCCCCCCCOC(=O)CCCCCCCCCCCCCCCCCC. The van der Waals surface area contributed by atoms with E-state index in [2.05, 4.69) is 19.2 Å². The first-order chi connectivity index (χ1) is 27.0. The summed E-state index contributed by atoms with van der Waals surface area (Å²) < 4.78 is 5.46. The lowest BCUT2D eigenvalue weighted by atomic mass is 10.0. The van der Waals surface area contributed by atoms with Gasteiger partial charge in [0, 0.05) is 12.8 Å². The quantitative estimate of drug-likeness (QED) is 0.0325. The summed E-state index contributed by atoms with van der Waals surface area (Å²) in [4.78, 5) is 24.4. The van der Waals surface area contributed by atoms with Gasteiger partial charge in [0.05, 0.1) is 25.4 Å². The molecule has 2 atom stereocenters. The molecule has 0 bridgehead atoms. The van der Waals surface area contributed by atoms with Crippen LogP contribution in [0.1, 0.15) is 264 Å². The number of allylic oxidation sites excluding steroid dienone is 1. The van der Waals surface area contributed by atoms with Crippen LogP contribution in [-0.4, -0.2) is 47.4 Å². The van der Waals surface area contributed by atoms with E-state index in [0.29, 0.717) is 19.4 Å². The summed E-state index contributed by atoms with van der Waals surface area (Å²) in [5, 5.41) is 22.9. The molecule has 2 unspecified atom stereocenters. The van der Waals surface area contributed by atoms with Gasteiger partial charge in [-0.3, -0.25) is 9.59 Å². The number of hydrogen-bond donors (Lipinski definition) is 3. The van der Waals surface area contributed by atoms with Gasteiger partial charge in [-0.1, -0.05) is 231 Å². The lowest BCUT2D eigenvalue weighted by molar-refractivity contribution is -0.143. The van der Waals surface area contributed by atoms with Gasteiger partial charge in [0.1, 0.15) is 0 Å². The molecule has 0 radical (unpaired) electrons. The molecule has 0 aromatic rings. The monoisotopic (exact) mass is 778 g/mol. The highest BCUT2D eigenvalue weighted by Gasteiger charge is 2.18. The minimum absolute atomic E-state index is 0.00401. The lowest BCUT2D eigenvalue weighted by Gasteiger charge is -2.20. The molecular weight excluding hydrogens is 683 g/mol. The number of esters is 1. The second-order valence-electron chi connectivity index (χ2n) is 16.8. The van der Waals surface area contributed by atoms with Crippen molar-refractivity contribution in [2.75, 3.05) is 13.2 Å². The van der Waals surface area contributed by atoms with E-state index < -0.39 is 12.1 Å². The highest BCUT2D eigenvalue weighted by atomic mass is 16.5. The number of carbonyl (C=O) groups excluding carboxylic acids is 2. The van der Waals surface area contributed by atoms with Gasteiger partial charge in [0.2, 0.25) is 5.91 Å². The summed E-state index contributed by atoms with van der Waals surface area (Å²) in [5.41, 5.74) is 0. The van der Waals surface area contributed by atoms with Gasteiger partial charge in [-0.25, -0.2) is 0 Å². The molecule has 0 aromatic carbocycles. The van der Waals surface area contributed by atoms with Crippen LogP contribution in [0.4, 0.5) is 0 Å². The number of unbranched alkanes of at least 4 members (excludes halogenated alkanes) is 34. The number of rotatable bonds is 45. The maximum absolute atomic E-state index is 12.3. The molecule has 326 valence electrons. The average molecular weight is 778 g/mol. The number of aliphatic hydroxyl groups excluding tert-OH is 2. The predicted octanol–water partition coefficient (Wildman–Crippen LogP) is 14.2. The molecule has 0 fully saturated rings. The molecule has 0 aliphatic carbocycles. The summed E-state index contributed by atoms with van der Waals surface area (Å²) >= 11 is 0. The Morgan fingerprint density at radius 3 is 1.24 bits per heavy atom. The first-order valence-electron chi connectivity index (χ1n) is 24.5. The third-order valence-corrected chi connectivity index (χ3v) is 11.3. The molecule has 0 aromatic heterocycles. The number of hydrogen-bond acceptors (Lipinski definition) is 5. The topological polar surface area (TPSA) is 95.9 Å². The average Bonchev–Trinajstić information content (AvgIpc) is 3.18. The maximum Gasteiger partial charge on any atom is 0.305 e. The van der Waals surface area contributed by atoms with Crippen molar-refractivity contribution >= 4 is 11.9 Å². The molecule has 6 nitrogen and oxygen atoms in total. The van der Waals surface area contributed by atoms with Gasteiger partial charge >= 0.3 is 5.97 Å². The summed E-state index contributed by atoms with van der Waals surface area (Å²) in [7, 11) is 0. The minimum atomic E-state index is -0.849. The number of amides is 1. The number of aliphatic hydroxyl groups is 2. The number of carbonyl (C=O) groups is 2.